The Kier molecular flexibility index (Phi) is 6.16. The quantitative estimate of drug-likeness (QED) is 0.834. The van der Waals surface area contributed by atoms with E-state index in [9.17, 15) is 4.79 Å². The minimum Gasteiger partial charge on any atom is -0.349 e. The van der Waals surface area contributed by atoms with E-state index < -0.39 is 0 Å². The van der Waals surface area contributed by atoms with Crippen molar-refractivity contribution >= 4 is 17.5 Å². The third kappa shape index (κ3) is 4.67. The molecule has 0 aliphatic heterocycles. The van der Waals surface area contributed by atoms with Crippen LogP contribution in [0.4, 0.5) is 0 Å². The number of rotatable bonds is 6. The molecule has 0 saturated carbocycles. The van der Waals surface area contributed by atoms with Crippen molar-refractivity contribution < 1.29 is 4.79 Å². The van der Waals surface area contributed by atoms with E-state index in [0.29, 0.717) is 11.6 Å². The van der Waals surface area contributed by atoms with Gasteiger partial charge in [0, 0.05) is 10.9 Å². The van der Waals surface area contributed by atoms with Gasteiger partial charge in [-0.1, -0.05) is 30.7 Å². The lowest BCUT2D eigenvalue weighted by atomic mass is 10.0. The first-order chi connectivity index (χ1) is 8.54. The van der Waals surface area contributed by atoms with Crippen LogP contribution in [0.3, 0.4) is 0 Å². The minimum atomic E-state index is -0.0310. The van der Waals surface area contributed by atoms with E-state index in [1.165, 1.54) is 0 Å². The minimum absolute atomic E-state index is 0.00446. The van der Waals surface area contributed by atoms with Crippen LogP contribution >= 0.6 is 11.6 Å². The summed E-state index contributed by atoms with van der Waals surface area (Å²) in [6.07, 6.45) is 1.70. The molecule has 0 aliphatic carbocycles. The number of halogens is 1. The zero-order valence-corrected chi connectivity index (χ0v) is 11.7. The predicted octanol–water partition coefficient (Wildman–Crippen LogP) is 2.89. The van der Waals surface area contributed by atoms with E-state index in [4.69, 9.17) is 17.3 Å². The zero-order chi connectivity index (χ0) is 13.5. The molecule has 0 aliphatic rings. The summed E-state index contributed by atoms with van der Waals surface area (Å²) in [5, 5.41) is 3.68. The van der Waals surface area contributed by atoms with Gasteiger partial charge >= 0.3 is 0 Å². The molecule has 0 bridgehead atoms. The van der Waals surface area contributed by atoms with Gasteiger partial charge in [0.15, 0.2) is 0 Å². The van der Waals surface area contributed by atoms with E-state index in [1.54, 1.807) is 0 Å². The first-order valence-electron chi connectivity index (χ1n) is 6.30. The SMILES string of the molecule is CC(CCCN)C(=O)NC(C)c1cccc(Cl)c1. The molecule has 0 radical (unpaired) electrons. The molecule has 1 amide bonds. The average molecular weight is 269 g/mol. The first kappa shape index (κ1) is 15.0. The van der Waals surface area contributed by atoms with E-state index in [0.717, 1.165) is 18.4 Å². The fourth-order valence-corrected chi connectivity index (χ4v) is 1.97. The number of amides is 1. The van der Waals surface area contributed by atoms with Crippen LogP contribution in [-0.4, -0.2) is 12.5 Å². The number of hydrogen-bond donors (Lipinski definition) is 2. The molecule has 1 rings (SSSR count). The molecule has 100 valence electrons. The molecule has 3 nitrogen and oxygen atoms in total. The van der Waals surface area contributed by atoms with Gasteiger partial charge in [-0.05, 0) is 44.0 Å². The highest BCUT2D eigenvalue weighted by atomic mass is 35.5. The standard InChI is InChI=1S/C14H21ClN2O/c1-10(5-4-8-16)14(18)17-11(2)12-6-3-7-13(15)9-12/h3,6-7,9-11H,4-5,8,16H2,1-2H3,(H,17,18). The second-order valence-corrected chi connectivity index (χ2v) is 5.05. The van der Waals surface area contributed by atoms with Gasteiger partial charge in [-0.3, -0.25) is 4.79 Å². The van der Waals surface area contributed by atoms with Gasteiger partial charge in [0.25, 0.3) is 0 Å². The Morgan fingerprint density at radius 1 is 1.44 bits per heavy atom. The van der Waals surface area contributed by atoms with Crippen molar-refractivity contribution in [3.05, 3.63) is 34.9 Å². The molecule has 0 fully saturated rings. The predicted molar refractivity (Wildman–Crippen MR) is 75.5 cm³/mol. The van der Waals surface area contributed by atoms with E-state index in [1.807, 2.05) is 38.1 Å². The van der Waals surface area contributed by atoms with Gasteiger partial charge in [-0.25, -0.2) is 0 Å². The summed E-state index contributed by atoms with van der Waals surface area (Å²) in [6.45, 7) is 4.51. The van der Waals surface area contributed by atoms with E-state index in [-0.39, 0.29) is 17.9 Å². The highest BCUT2D eigenvalue weighted by molar-refractivity contribution is 6.30. The maximum atomic E-state index is 11.9. The Bertz CT molecular complexity index is 395. The summed E-state index contributed by atoms with van der Waals surface area (Å²) in [4.78, 5) is 11.9. The molecule has 0 saturated heterocycles. The molecule has 3 N–H and O–H groups in total. The molecule has 4 heteroatoms. The average Bonchev–Trinajstić information content (AvgIpc) is 2.35. The summed E-state index contributed by atoms with van der Waals surface area (Å²) in [7, 11) is 0. The molecule has 1 aromatic rings. The summed E-state index contributed by atoms with van der Waals surface area (Å²) in [5.41, 5.74) is 6.46. The number of carbonyl (C=O) groups is 1. The first-order valence-corrected chi connectivity index (χ1v) is 6.68. The van der Waals surface area contributed by atoms with Crippen LogP contribution in [0.2, 0.25) is 5.02 Å². The fourth-order valence-electron chi connectivity index (χ4n) is 1.77. The van der Waals surface area contributed by atoms with Crippen molar-refractivity contribution in [2.24, 2.45) is 11.7 Å². The van der Waals surface area contributed by atoms with Crippen molar-refractivity contribution in [1.29, 1.82) is 0 Å². The molecular weight excluding hydrogens is 248 g/mol. The van der Waals surface area contributed by atoms with Crippen LogP contribution in [0.5, 0.6) is 0 Å². The van der Waals surface area contributed by atoms with Crippen LogP contribution < -0.4 is 11.1 Å². The zero-order valence-electron chi connectivity index (χ0n) is 10.9. The van der Waals surface area contributed by atoms with Gasteiger partial charge in [0.1, 0.15) is 0 Å². The Morgan fingerprint density at radius 3 is 2.78 bits per heavy atom. The van der Waals surface area contributed by atoms with Crippen molar-refractivity contribution in [1.82, 2.24) is 5.32 Å². The number of hydrogen-bond acceptors (Lipinski definition) is 2. The van der Waals surface area contributed by atoms with Gasteiger partial charge in [-0.2, -0.15) is 0 Å². The Hall–Kier alpha value is -1.06. The lowest BCUT2D eigenvalue weighted by Crippen LogP contribution is -2.31. The van der Waals surface area contributed by atoms with Crippen LogP contribution in [0.15, 0.2) is 24.3 Å². The smallest absolute Gasteiger partial charge is 0.223 e. The van der Waals surface area contributed by atoms with Crippen molar-refractivity contribution in [3.8, 4) is 0 Å². The highest BCUT2D eigenvalue weighted by Crippen LogP contribution is 2.18. The van der Waals surface area contributed by atoms with Gasteiger partial charge in [0.2, 0.25) is 5.91 Å². The van der Waals surface area contributed by atoms with Crippen molar-refractivity contribution in [3.63, 3.8) is 0 Å². The Labute approximate surface area is 114 Å². The largest absolute Gasteiger partial charge is 0.349 e. The van der Waals surface area contributed by atoms with Crippen LogP contribution in [0, 0.1) is 5.92 Å². The van der Waals surface area contributed by atoms with E-state index >= 15 is 0 Å². The number of benzene rings is 1. The molecule has 0 aromatic heterocycles. The topological polar surface area (TPSA) is 55.1 Å². The molecule has 0 heterocycles. The summed E-state index contributed by atoms with van der Waals surface area (Å²) in [6, 6.07) is 7.51. The number of nitrogens with two attached hydrogens (primary N) is 1. The molecule has 2 atom stereocenters. The number of nitrogens with one attached hydrogen (secondary N) is 1. The van der Waals surface area contributed by atoms with Crippen LogP contribution in [0.1, 0.15) is 38.3 Å². The third-order valence-corrected chi connectivity index (χ3v) is 3.23. The number of carbonyl (C=O) groups excluding carboxylic acids is 1. The summed E-state index contributed by atoms with van der Waals surface area (Å²) < 4.78 is 0. The third-order valence-electron chi connectivity index (χ3n) is 3.00. The molecule has 18 heavy (non-hydrogen) atoms. The van der Waals surface area contributed by atoms with Crippen molar-refractivity contribution in [2.75, 3.05) is 6.54 Å². The molecule has 2 unspecified atom stereocenters. The van der Waals surface area contributed by atoms with E-state index in [2.05, 4.69) is 5.32 Å². The summed E-state index contributed by atoms with van der Waals surface area (Å²) >= 11 is 5.93. The van der Waals surface area contributed by atoms with Gasteiger partial charge in [-0.15, -0.1) is 0 Å². The van der Waals surface area contributed by atoms with Gasteiger partial charge in [0.05, 0.1) is 6.04 Å². The maximum Gasteiger partial charge on any atom is 0.223 e. The molecule has 1 aromatic carbocycles. The molecular formula is C14H21ClN2O. The lowest BCUT2D eigenvalue weighted by Gasteiger charge is -2.18. The van der Waals surface area contributed by atoms with Crippen LogP contribution in [-0.2, 0) is 4.79 Å². The monoisotopic (exact) mass is 268 g/mol. The fraction of sp³-hybridized carbons (Fsp3) is 0.500. The summed E-state index contributed by atoms with van der Waals surface area (Å²) in [5.74, 6) is 0.0612. The van der Waals surface area contributed by atoms with Crippen molar-refractivity contribution in [2.45, 2.75) is 32.7 Å². The van der Waals surface area contributed by atoms with Gasteiger partial charge < -0.3 is 11.1 Å². The maximum absolute atomic E-state index is 11.9. The Balaban J connectivity index is 2.54. The lowest BCUT2D eigenvalue weighted by molar-refractivity contribution is -0.125. The van der Waals surface area contributed by atoms with Crippen LogP contribution in [0.25, 0.3) is 0 Å². The highest BCUT2D eigenvalue weighted by Gasteiger charge is 2.15. The second-order valence-electron chi connectivity index (χ2n) is 4.62. The molecule has 0 spiro atoms. The Morgan fingerprint density at radius 2 is 2.17 bits per heavy atom. The normalized spacial score (nSPS) is 14.0. The second kappa shape index (κ2) is 7.39.